The molecule has 5 amide bonds. The zero-order chi connectivity index (χ0) is 25.7. The van der Waals surface area contributed by atoms with Crippen molar-refractivity contribution in [2.45, 2.75) is 46.8 Å². The summed E-state index contributed by atoms with van der Waals surface area (Å²) in [6.07, 6.45) is 2.10. The van der Waals surface area contributed by atoms with Crippen molar-refractivity contribution in [3.63, 3.8) is 0 Å². The summed E-state index contributed by atoms with van der Waals surface area (Å²) in [5.74, 6) is -2.92. The average Bonchev–Trinajstić information content (AvgIpc) is 3.13. The minimum atomic E-state index is -0.918. The SMILES string of the molecule is CC.CC(=O)OCc1ccc(NC(=O)CNC(=O)C(C)NC(=O)CCN2C(=O)C=CC2=O)cc1. The Morgan fingerprint density at radius 1 is 0.971 bits per heavy atom. The third-order valence-corrected chi connectivity index (χ3v) is 4.34. The van der Waals surface area contributed by atoms with Crippen molar-refractivity contribution < 1.29 is 33.5 Å². The monoisotopic (exact) mass is 474 g/mol. The van der Waals surface area contributed by atoms with Gasteiger partial charge in [0.05, 0.1) is 6.54 Å². The minimum absolute atomic E-state index is 0.0904. The number of hydrogen-bond acceptors (Lipinski definition) is 7. The van der Waals surface area contributed by atoms with E-state index in [-0.39, 0.29) is 26.1 Å². The molecule has 34 heavy (non-hydrogen) atoms. The van der Waals surface area contributed by atoms with Gasteiger partial charge in [0.2, 0.25) is 17.7 Å². The highest BCUT2D eigenvalue weighted by Crippen LogP contribution is 2.10. The first-order valence-corrected chi connectivity index (χ1v) is 10.8. The standard InChI is InChI=1S/C21H24N4O7.C2H6/c1-13(23-17(27)9-10-25-19(29)7-8-20(25)30)21(31)22-11-18(28)24-16-5-3-15(4-6-16)12-32-14(2)26;1-2/h3-8,13H,9-12H2,1-2H3,(H,22,31)(H,23,27)(H,24,28);1-2H3. The highest BCUT2D eigenvalue weighted by Gasteiger charge is 2.24. The number of esters is 1. The lowest BCUT2D eigenvalue weighted by Gasteiger charge is -2.16. The van der Waals surface area contributed by atoms with Gasteiger partial charge in [-0.05, 0) is 24.6 Å². The van der Waals surface area contributed by atoms with Gasteiger partial charge in [-0.25, -0.2) is 0 Å². The number of amides is 5. The topological polar surface area (TPSA) is 151 Å². The van der Waals surface area contributed by atoms with Crippen LogP contribution in [0.15, 0.2) is 36.4 Å². The van der Waals surface area contributed by atoms with E-state index in [0.717, 1.165) is 22.6 Å². The first-order valence-electron chi connectivity index (χ1n) is 10.8. The van der Waals surface area contributed by atoms with E-state index in [9.17, 15) is 28.8 Å². The highest BCUT2D eigenvalue weighted by atomic mass is 16.5. The molecule has 2 rings (SSSR count). The highest BCUT2D eigenvalue weighted by molar-refractivity contribution is 6.13. The Morgan fingerprint density at radius 2 is 1.56 bits per heavy atom. The van der Waals surface area contributed by atoms with E-state index in [1.54, 1.807) is 24.3 Å². The molecule has 1 aromatic rings. The van der Waals surface area contributed by atoms with E-state index in [1.807, 2.05) is 13.8 Å². The molecule has 0 saturated carbocycles. The minimum Gasteiger partial charge on any atom is -0.461 e. The summed E-state index contributed by atoms with van der Waals surface area (Å²) in [4.78, 5) is 70.7. The van der Waals surface area contributed by atoms with Crippen LogP contribution in [0.5, 0.6) is 0 Å². The number of carbonyl (C=O) groups excluding carboxylic acids is 6. The van der Waals surface area contributed by atoms with Crippen LogP contribution in [0, 0.1) is 0 Å². The first-order chi connectivity index (χ1) is 16.2. The predicted octanol–water partition coefficient (Wildman–Crippen LogP) is 0.650. The fraction of sp³-hybridized carbons (Fsp3) is 0.391. The Balaban J connectivity index is 0.00000281. The molecule has 0 radical (unpaired) electrons. The van der Waals surface area contributed by atoms with E-state index in [0.29, 0.717) is 5.69 Å². The van der Waals surface area contributed by atoms with Gasteiger partial charge in [-0.1, -0.05) is 26.0 Å². The summed E-state index contributed by atoms with van der Waals surface area (Å²) in [5.41, 5.74) is 1.25. The normalized spacial score (nSPS) is 12.9. The van der Waals surface area contributed by atoms with Crippen LogP contribution in [0.2, 0.25) is 0 Å². The van der Waals surface area contributed by atoms with Crippen LogP contribution < -0.4 is 16.0 Å². The van der Waals surface area contributed by atoms with E-state index >= 15 is 0 Å². The summed E-state index contributed by atoms with van der Waals surface area (Å²) >= 11 is 0. The number of ether oxygens (including phenoxy) is 1. The van der Waals surface area contributed by atoms with Crippen molar-refractivity contribution >= 4 is 41.2 Å². The number of nitrogens with zero attached hydrogens (tertiary/aromatic N) is 1. The maximum Gasteiger partial charge on any atom is 0.302 e. The summed E-state index contributed by atoms with van der Waals surface area (Å²) in [7, 11) is 0. The number of imide groups is 1. The number of anilines is 1. The molecule has 0 spiro atoms. The van der Waals surface area contributed by atoms with Gasteiger partial charge >= 0.3 is 5.97 Å². The Kier molecular flexibility index (Phi) is 11.7. The van der Waals surface area contributed by atoms with Crippen LogP contribution in [0.4, 0.5) is 5.69 Å². The van der Waals surface area contributed by atoms with Crippen molar-refractivity contribution in [2.75, 3.05) is 18.4 Å². The Morgan fingerprint density at radius 3 is 2.12 bits per heavy atom. The van der Waals surface area contributed by atoms with Crippen molar-refractivity contribution in [3.8, 4) is 0 Å². The first kappa shape index (κ1) is 28.0. The van der Waals surface area contributed by atoms with Gasteiger partial charge in [-0.2, -0.15) is 0 Å². The van der Waals surface area contributed by atoms with Crippen molar-refractivity contribution in [1.82, 2.24) is 15.5 Å². The zero-order valence-electron chi connectivity index (χ0n) is 19.7. The van der Waals surface area contributed by atoms with Gasteiger partial charge in [0.25, 0.3) is 11.8 Å². The van der Waals surface area contributed by atoms with Crippen molar-refractivity contribution in [3.05, 3.63) is 42.0 Å². The molecule has 11 nitrogen and oxygen atoms in total. The molecule has 1 atom stereocenters. The second-order valence-corrected chi connectivity index (χ2v) is 6.94. The Hall–Kier alpha value is -4.02. The third-order valence-electron chi connectivity index (χ3n) is 4.34. The molecule has 0 bridgehead atoms. The molecule has 1 aliphatic rings. The Labute approximate surface area is 197 Å². The molecule has 11 heteroatoms. The number of carbonyl (C=O) groups is 6. The summed E-state index contributed by atoms with van der Waals surface area (Å²) in [6, 6.07) is 5.72. The van der Waals surface area contributed by atoms with Gasteiger partial charge in [0.15, 0.2) is 0 Å². The quantitative estimate of drug-likeness (QED) is 0.333. The second-order valence-electron chi connectivity index (χ2n) is 6.94. The zero-order valence-corrected chi connectivity index (χ0v) is 19.7. The molecular formula is C23H30N4O7. The molecule has 0 fully saturated rings. The van der Waals surface area contributed by atoms with Gasteiger partial charge in [-0.15, -0.1) is 0 Å². The van der Waals surface area contributed by atoms with Crippen molar-refractivity contribution in [1.29, 1.82) is 0 Å². The lowest BCUT2D eigenvalue weighted by molar-refractivity contribution is -0.142. The van der Waals surface area contributed by atoms with Gasteiger partial charge < -0.3 is 20.7 Å². The largest absolute Gasteiger partial charge is 0.461 e. The molecule has 3 N–H and O–H groups in total. The van der Waals surface area contributed by atoms with Crippen molar-refractivity contribution in [2.24, 2.45) is 0 Å². The summed E-state index contributed by atoms with van der Waals surface area (Å²) in [5, 5.41) is 7.46. The Bertz CT molecular complexity index is 923. The molecule has 1 aromatic carbocycles. The molecular weight excluding hydrogens is 444 g/mol. The predicted molar refractivity (Wildman–Crippen MR) is 123 cm³/mol. The number of hydrogen-bond donors (Lipinski definition) is 3. The number of rotatable bonds is 10. The van der Waals surface area contributed by atoms with Crippen LogP contribution in [0.1, 0.15) is 39.7 Å². The lowest BCUT2D eigenvalue weighted by Crippen LogP contribution is -2.47. The molecule has 1 heterocycles. The number of benzene rings is 1. The third kappa shape index (κ3) is 9.63. The fourth-order valence-corrected chi connectivity index (χ4v) is 2.64. The van der Waals surface area contributed by atoms with E-state index < -0.39 is 41.5 Å². The van der Waals surface area contributed by atoms with Gasteiger partial charge in [-0.3, -0.25) is 33.7 Å². The summed E-state index contributed by atoms with van der Waals surface area (Å²) < 4.78 is 4.88. The maximum absolute atomic E-state index is 12.1. The molecule has 1 unspecified atom stereocenters. The summed E-state index contributed by atoms with van der Waals surface area (Å²) in [6.45, 7) is 6.49. The van der Waals surface area contributed by atoms with E-state index in [1.165, 1.54) is 13.8 Å². The molecule has 0 aliphatic carbocycles. The van der Waals surface area contributed by atoms with E-state index in [2.05, 4.69) is 16.0 Å². The van der Waals surface area contributed by atoms with Crippen LogP contribution in [0.3, 0.4) is 0 Å². The van der Waals surface area contributed by atoms with Gasteiger partial charge in [0, 0.05) is 37.7 Å². The fourth-order valence-electron chi connectivity index (χ4n) is 2.64. The second kappa shape index (κ2) is 14.2. The average molecular weight is 475 g/mol. The van der Waals surface area contributed by atoms with Crippen LogP contribution in [-0.4, -0.2) is 59.5 Å². The molecule has 0 aromatic heterocycles. The van der Waals surface area contributed by atoms with Crippen LogP contribution in [-0.2, 0) is 40.1 Å². The molecule has 0 saturated heterocycles. The molecule has 1 aliphatic heterocycles. The lowest BCUT2D eigenvalue weighted by atomic mass is 10.2. The van der Waals surface area contributed by atoms with Crippen LogP contribution in [0.25, 0.3) is 0 Å². The van der Waals surface area contributed by atoms with E-state index in [4.69, 9.17) is 4.74 Å². The van der Waals surface area contributed by atoms with Crippen LogP contribution >= 0.6 is 0 Å². The maximum atomic E-state index is 12.1. The smallest absolute Gasteiger partial charge is 0.302 e. The number of nitrogens with one attached hydrogen (secondary N) is 3. The van der Waals surface area contributed by atoms with Gasteiger partial charge in [0.1, 0.15) is 12.6 Å². The molecule has 184 valence electrons.